The lowest BCUT2D eigenvalue weighted by Crippen LogP contribution is -2.18. The number of ether oxygens (including phenoxy) is 2. The molecule has 0 saturated carbocycles. The molecule has 4 heteroatoms. The summed E-state index contributed by atoms with van der Waals surface area (Å²) in [6.45, 7) is 0.373. The van der Waals surface area contributed by atoms with E-state index in [4.69, 9.17) is 9.47 Å². The van der Waals surface area contributed by atoms with Crippen molar-refractivity contribution in [3.8, 4) is 11.5 Å². The Morgan fingerprint density at radius 1 is 1.00 bits per heavy atom. The summed E-state index contributed by atoms with van der Waals surface area (Å²) in [6.07, 6.45) is -0.366. The summed E-state index contributed by atoms with van der Waals surface area (Å²) in [4.78, 5) is 11.0. The number of para-hydroxylation sites is 1. The number of cyclic esters (lactones) is 1. The molecule has 1 N–H and O–H groups in total. The van der Waals surface area contributed by atoms with Crippen molar-refractivity contribution < 1.29 is 14.3 Å². The average Bonchev–Trinajstić information content (AvgIpc) is 2.87. The van der Waals surface area contributed by atoms with E-state index in [1.807, 2.05) is 54.6 Å². The Kier molecular flexibility index (Phi) is 3.06. The standard InChI is InChI=1S/C15H13NO3/c17-15-16-14(10-18-15)11-6-8-13(9-7-11)19-12-4-2-1-3-5-12/h1-9,14H,10H2,(H,16,17)/t14-/m1/s1. The molecule has 1 amide bonds. The van der Waals surface area contributed by atoms with Crippen LogP contribution in [-0.4, -0.2) is 12.7 Å². The lowest BCUT2D eigenvalue weighted by molar-refractivity contribution is 0.177. The minimum Gasteiger partial charge on any atom is -0.457 e. The molecule has 3 rings (SSSR count). The molecule has 2 aromatic rings. The molecule has 1 fully saturated rings. The minimum atomic E-state index is -0.366. The minimum absolute atomic E-state index is 0.0710. The maximum Gasteiger partial charge on any atom is 0.407 e. The fourth-order valence-corrected chi connectivity index (χ4v) is 1.96. The number of benzene rings is 2. The van der Waals surface area contributed by atoms with Crippen molar-refractivity contribution in [1.29, 1.82) is 0 Å². The SMILES string of the molecule is O=C1N[C@@H](c2ccc(Oc3ccccc3)cc2)CO1. The Morgan fingerprint density at radius 3 is 2.32 bits per heavy atom. The molecule has 0 spiro atoms. The third kappa shape index (κ3) is 2.68. The van der Waals surface area contributed by atoms with Gasteiger partial charge in [0.15, 0.2) is 0 Å². The normalized spacial score (nSPS) is 17.7. The van der Waals surface area contributed by atoms with Gasteiger partial charge in [-0.3, -0.25) is 0 Å². The molecule has 0 aromatic heterocycles. The number of alkyl carbamates (subject to hydrolysis) is 1. The first-order valence-corrected chi connectivity index (χ1v) is 6.07. The molecule has 1 heterocycles. The van der Waals surface area contributed by atoms with Crippen molar-refractivity contribution in [2.24, 2.45) is 0 Å². The molecule has 1 saturated heterocycles. The van der Waals surface area contributed by atoms with E-state index in [1.165, 1.54) is 0 Å². The molecule has 0 radical (unpaired) electrons. The van der Waals surface area contributed by atoms with Gasteiger partial charge in [-0.15, -0.1) is 0 Å². The Bertz CT molecular complexity index is 566. The van der Waals surface area contributed by atoms with Gasteiger partial charge in [-0.25, -0.2) is 4.79 Å². The van der Waals surface area contributed by atoms with E-state index in [1.54, 1.807) is 0 Å². The third-order valence-electron chi connectivity index (χ3n) is 2.93. The first-order valence-electron chi connectivity index (χ1n) is 6.07. The Labute approximate surface area is 111 Å². The zero-order valence-corrected chi connectivity index (χ0v) is 10.2. The number of amides is 1. The number of carbonyl (C=O) groups is 1. The molecule has 1 atom stereocenters. The van der Waals surface area contributed by atoms with E-state index < -0.39 is 0 Å². The molecule has 0 bridgehead atoms. The summed E-state index contributed by atoms with van der Waals surface area (Å²) in [7, 11) is 0. The first-order chi connectivity index (χ1) is 9.31. The van der Waals surface area contributed by atoms with Gasteiger partial charge >= 0.3 is 6.09 Å². The Morgan fingerprint density at radius 2 is 1.68 bits per heavy atom. The highest BCUT2D eigenvalue weighted by Gasteiger charge is 2.23. The monoisotopic (exact) mass is 255 g/mol. The smallest absolute Gasteiger partial charge is 0.407 e. The van der Waals surface area contributed by atoms with Crippen LogP contribution in [0, 0.1) is 0 Å². The molecular formula is C15H13NO3. The summed E-state index contributed by atoms with van der Waals surface area (Å²) < 4.78 is 10.6. The van der Waals surface area contributed by atoms with Gasteiger partial charge < -0.3 is 14.8 Å². The van der Waals surface area contributed by atoms with Crippen LogP contribution in [0.5, 0.6) is 11.5 Å². The highest BCUT2D eigenvalue weighted by atomic mass is 16.6. The van der Waals surface area contributed by atoms with Crippen LogP contribution in [0.4, 0.5) is 4.79 Å². The summed E-state index contributed by atoms with van der Waals surface area (Å²) in [5.74, 6) is 1.56. The van der Waals surface area contributed by atoms with E-state index in [9.17, 15) is 4.79 Å². The van der Waals surface area contributed by atoms with Crippen molar-refractivity contribution in [3.63, 3.8) is 0 Å². The number of nitrogens with one attached hydrogen (secondary N) is 1. The van der Waals surface area contributed by atoms with E-state index in [2.05, 4.69) is 5.32 Å². The van der Waals surface area contributed by atoms with Crippen molar-refractivity contribution in [2.45, 2.75) is 6.04 Å². The second-order valence-corrected chi connectivity index (χ2v) is 4.28. The van der Waals surface area contributed by atoms with Gasteiger partial charge in [0.25, 0.3) is 0 Å². The second-order valence-electron chi connectivity index (χ2n) is 4.28. The van der Waals surface area contributed by atoms with Crippen LogP contribution in [0.25, 0.3) is 0 Å². The zero-order valence-electron chi connectivity index (χ0n) is 10.2. The van der Waals surface area contributed by atoms with Crippen molar-refractivity contribution in [2.75, 3.05) is 6.61 Å². The van der Waals surface area contributed by atoms with Crippen molar-refractivity contribution >= 4 is 6.09 Å². The average molecular weight is 255 g/mol. The molecule has 1 aliphatic heterocycles. The molecule has 19 heavy (non-hydrogen) atoms. The number of carbonyl (C=O) groups excluding carboxylic acids is 1. The summed E-state index contributed by atoms with van der Waals surface area (Å²) in [5.41, 5.74) is 1.01. The van der Waals surface area contributed by atoms with Gasteiger partial charge in [-0.1, -0.05) is 30.3 Å². The maximum atomic E-state index is 11.0. The maximum absolute atomic E-state index is 11.0. The van der Waals surface area contributed by atoms with Crippen LogP contribution in [0.1, 0.15) is 11.6 Å². The van der Waals surface area contributed by atoms with Crippen LogP contribution in [-0.2, 0) is 4.74 Å². The molecule has 4 nitrogen and oxygen atoms in total. The number of rotatable bonds is 3. The fraction of sp³-hybridized carbons (Fsp3) is 0.133. The molecule has 96 valence electrons. The lowest BCUT2D eigenvalue weighted by Gasteiger charge is -2.09. The van der Waals surface area contributed by atoms with Gasteiger partial charge in [0, 0.05) is 0 Å². The zero-order chi connectivity index (χ0) is 13.1. The number of hydrogen-bond donors (Lipinski definition) is 1. The van der Waals surface area contributed by atoms with Gasteiger partial charge in [0.1, 0.15) is 18.1 Å². The van der Waals surface area contributed by atoms with Crippen LogP contribution >= 0.6 is 0 Å². The van der Waals surface area contributed by atoms with Crippen LogP contribution in [0.15, 0.2) is 54.6 Å². The molecule has 2 aromatic carbocycles. The summed E-state index contributed by atoms with van der Waals surface area (Å²) >= 11 is 0. The quantitative estimate of drug-likeness (QED) is 0.915. The van der Waals surface area contributed by atoms with Crippen molar-refractivity contribution in [1.82, 2.24) is 5.32 Å². The van der Waals surface area contributed by atoms with Gasteiger partial charge in [0.05, 0.1) is 6.04 Å². The Hall–Kier alpha value is -2.49. The second kappa shape index (κ2) is 5.02. The predicted octanol–water partition coefficient (Wildman–Crippen LogP) is 3.26. The van der Waals surface area contributed by atoms with Crippen LogP contribution in [0.3, 0.4) is 0 Å². The molecule has 1 aliphatic rings. The van der Waals surface area contributed by atoms with E-state index in [0.29, 0.717) is 6.61 Å². The van der Waals surface area contributed by atoms with Crippen LogP contribution < -0.4 is 10.1 Å². The fourth-order valence-electron chi connectivity index (χ4n) is 1.96. The van der Waals surface area contributed by atoms with E-state index in [0.717, 1.165) is 17.1 Å². The van der Waals surface area contributed by atoms with E-state index in [-0.39, 0.29) is 12.1 Å². The van der Waals surface area contributed by atoms with Gasteiger partial charge in [-0.2, -0.15) is 0 Å². The van der Waals surface area contributed by atoms with Gasteiger partial charge in [0.2, 0.25) is 0 Å². The highest BCUT2D eigenvalue weighted by molar-refractivity contribution is 5.70. The predicted molar refractivity (Wildman–Crippen MR) is 70.2 cm³/mol. The lowest BCUT2D eigenvalue weighted by atomic mass is 10.1. The highest BCUT2D eigenvalue weighted by Crippen LogP contribution is 2.24. The molecule has 0 unspecified atom stereocenters. The van der Waals surface area contributed by atoms with Gasteiger partial charge in [-0.05, 0) is 29.8 Å². The number of hydrogen-bond acceptors (Lipinski definition) is 3. The van der Waals surface area contributed by atoms with Crippen molar-refractivity contribution in [3.05, 3.63) is 60.2 Å². The molecular weight excluding hydrogens is 242 g/mol. The topological polar surface area (TPSA) is 47.6 Å². The van der Waals surface area contributed by atoms with Crippen LogP contribution in [0.2, 0.25) is 0 Å². The van der Waals surface area contributed by atoms with E-state index >= 15 is 0 Å². The first kappa shape index (κ1) is 11.6. The largest absolute Gasteiger partial charge is 0.457 e. The summed E-state index contributed by atoms with van der Waals surface area (Å²) in [6, 6.07) is 17.1. The Balaban J connectivity index is 1.71. The summed E-state index contributed by atoms with van der Waals surface area (Å²) in [5, 5.41) is 2.74. The molecule has 0 aliphatic carbocycles. The third-order valence-corrected chi connectivity index (χ3v) is 2.93.